The van der Waals surface area contributed by atoms with Crippen LogP contribution in [0.4, 0.5) is 0 Å². The van der Waals surface area contributed by atoms with Gasteiger partial charge in [-0.3, -0.25) is 4.79 Å². The second-order valence-corrected chi connectivity index (χ2v) is 5.19. The lowest BCUT2D eigenvalue weighted by molar-refractivity contribution is -0.115. The Morgan fingerprint density at radius 3 is 2.75 bits per heavy atom. The number of nitrogens with two attached hydrogens (primary N) is 1. The van der Waals surface area contributed by atoms with Crippen molar-refractivity contribution in [3.63, 3.8) is 0 Å². The van der Waals surface area contributed by atoms with E-state index in [4.69, 9.17) is 5.73 Å². The van der Waals surface area contributed by atoms with Gasteiger partial charge < -0.3 is 5.73 Å². The highest BCUT2D eigenvalue weighted by molar-refractivity contribution is 8.01. The molecule has 4 nitrogen and oxygen atoms in total. The standard InChI is InChI=1S/C10H9N3OS2/c11-8(14)6-15-10-13-12-9(16-10)7-4-2-1-3-5-7/h1-5H,6H2,(H2,11,14). The smallest absolute Gasteiger partial charge is 0.227 e. The molecule has 0 atom stereocenters. The maximum atomic E-state index is 10.6. The maximum absolute atomic E-state index is 10.6. The summed E-state index contributed by atoms with van der Waals surface area (Å²) in [5.74, 6) is -0.106. The Labute approximate surface area is 101 Å². The van der Waals surface area contributed by atoms with Crippen LogP contribution in [-0.2, 0) is 4.79 Å². The van der Waals surface area contributed by atoms with E-state index >= 15 is 0 Å². The number of hydrogen-bond donors (Lipinski definition) is 1. The number of carbonyl (C=O) groups is 1. The fourth-order valence-electron chi connectivity index (χ4n) is 1.10. The van der Waals surface area contributed by atoms with Gasteiger partial charge in [-0.15, -0.1) is 10.2 Å². The highest BCUT2D eigenvalue weighted by atomic mass is 32.2. The zero-order valence-corrected chi connectivity index (χ0v) is 9.92. The van der Waals surface area contributed by atoms with Gasteiger partial charge in [-0.1, -0.05) is 53.4 Å². The summed E-state index contributed by atoms with van der Waals surface area (Å²) in [5, 5.41) is 8.90. The van der Waals surface area contributed by atoms with Gasteiger partial charge in [0.25, 0.3) is 0 Å². The molecule has 16 heavy (non-hydrogen) atoms. The molecule has 2 aromatic rings. The summed E-state index contributed by atoms with van der Waals surface area (Å²) in [4.78, 5) is 10.6. The van der Waals surface area contributed by atoms with E-state index in [2.05, 4.69) is 10.2 Å². The Bertz CT molecular complexity index is 484. The van der Waals surface area contributed by atoms with Crippen molar-refractivity contribution in [2.24, 2.45) is 5.73 Å². The maximum Gasteiger partial charge on any atom is 0.227 e. The van der Waals surface area contributed by atoms with Crippen molar-refractivity contribution < 1.29 is 4.79 Å². The van der Waals surface area contributed by atoms with E-state index in [1.165, 1.54) is 23.1 Å². The van der Waals surface area contributed by atoms with Gasteiger partial charge in [0.1, 0.15) is 5.01 Å². The van der Waals surface area contributed by atoms with E-state index < -0.39 is 0 Å². The monoisotopic (exact) mass is 251 g/mol. The molecule has 1 aromatic heterocycles. The largest absolute Gasteiger partial charge is 0.369 e. The highest BCUT2D eigenvalue weighted by Crippen LogP contribution is 2.28. The Morgan fingerprint density at radius 1 is 1.31 bits per heavy atom. The Balaban J connectivity index is 2.11. The zero-order chi connectivity index (χ0) is 11.4. The molecule has 0 saturated heterocycles. The molecule has 0 aliphatic heterocycles. The topological polar surface area (TPSA) is 68.9 Å². The molecule has 2 N–H and O–H groups in total. The van der Waals surface area contributed by atoms with Gasteiger partial charge in [0.15, 0.2) is 4.34 Å². The van der Waals surface area contributed by atoms with E-state index in [1.54, 1.807) is 0 Å². The minimum absolute atomic E-state index is 0.240. The van der Waals surface area contributed by atoms with Gasteiger partial charge in [-0.05, 0) is 0 Å². The zero-order valence-electron chi connectivity index (χ0n) is 8.29. The minimum Gasteiger partial charge on any atom is -0.369 e. The van der Waals surface area contributed by atoms with E-state index in [9.17, 15) is 4.79 Å². The summed E-state index contributed by atoms with van der Waals surface area (Å²) in [6.07, 6.45) is 0. The quantitative estimate of drug-likeness (QED) is 0.841. The number of carbonyl (C=O) groups excluding carboxylic acids is 1. The van der Waals surface area contributed by atoms with Crippen molar-refractivity contribution in [2.45, 2.75) is 4.34 Å². The Hall–Kier alpha value is -1.40. The molecule has 82 valence electrons. The van der Waals surface area contributed by atoms with Gasteiger partial charge in [0, 0.05) is 5.56 Å². The van der Waals surface area contributed by atoms with Crippen molar-refractivity contribution in [1.29, 1.82) is 0 Å². The summed E-state index contributed by atoms with van der Waals surface area (Å²) >= 11 is 2.78. The number of hydrogen-bond acceptors (Lipinski definition) is 5. The van der Waals surface area contributed by atoms with Gasteiger partial charge in [0.2, 0.25) is 5.91 Å². The van der Waals surface area contributed by atoms with E-state index in [0.717, 1.165) is 14.9 Å². The fraction of sp³-hybridized carbons (Fsp3) is 0.100. The third kappa shape index (κ3) is 2.80. The average Bonchev–Trinajstić information content (AvgIpc) is 2.76. The molecule has 1 aromatic carbocycles. The molecule has 2 rings (SSSR count). The first-order chi connectivity index (χ1) is 7.75. The van der Waals surface area contributed by atoms with Crippen molar-refractivity contribution in [3.8, 4) is 10.6 Å². The van der Waals surface area contributed by atoms with Crippen LogP contribution in [0.1, 0.15) is 0 Å². The third-order valence-corrected chi connectivity index (χ3v) is 3.89. The molecule has 0 radical (unpaired) electrons. The van der Waals surface area contributed by atoms with Crippen LogP contribution in [0.5, 0.6) is 0 Å². The Morgan fingerprint density at radius 2 is 2.06 bits per heavy atom. The van der Waals surface area contributed by atoms with Gasteiger partial charge in [-0.2, -0.15) is 0 Å². The van der Waals surface area contributed by atoms with E-state index in [-0.39, 0.29) is 11.7 Å². The first-order valence-electron chi connectivity index (χ1n) is 4.56. The molecule has 0 saturated carbocycles. The van der Waals surface area contributed by atoms with Crippen LogP contribution in [0.2, 0.25) is 0 Å². The molecule has 0 aliphatic rings. The van der Waals surface area contributed by atoms with Crippen LogP contribution in [-0.4, -0.2) is 21.9 Å². The minimum atomic E-state index is -0.346. The summed E-state index contributed by atoms with van der Waals surface area (Å²) in [6.45, 7) is 0. The summed E-state index contributed by atoms with van der Waals surface area (Å²) < 4.78 is 0.762. The average molecular weight is 251 g/mol. The lowest BCUT2D eigenvalue weighted by atomic mass is 10.2. The van der Waals surface area contributed by atoms with Crippen LogP contribution in [0.3, 0.4) is 0 Å². The molecule has 0 fully saturated rings. The number of benzene rings is 1. The van der Waals surface area contributed by atoms with Crippen LogP contribution in [0.25, 0.3) is 10.6 Å². The van der Waals surface area contributed by atoms with Gasteiger partial charge in [0.05, 0.1) is 5.75 Å². The van der Waals surface area contributed by atoms with Gasteiger partial charge >= 0.3 is 0 Å². The molecular weight excluding hydrogens is 242 g/mol. The molecule has 6 heteroatoms. The first kappa shape index (κ1) is 11.1. The normalized spacial score (nSPS) is 10.2. The molecular formula is C10H9N3OS2. The van der Waals surface area contributed by atoms with Crippen molar-refractivity contribution >= 4 is 29.0 Å². The van der Waals surface area contributed by atoms with Crippen LogP contribution < -0.4 is 5.73 Å². The highest BCUT2D eigenvalue weighted by Gasteiger charge is 2.07. The molecule has 0 aliphatic carbocycles. The number of primary amides is 1. The lowest BCUT2D eigenvalue weighted by Crippen LogP contribution is -2.12. The first-order valence-corrected chi connectivity index (χ1v) is 6.36. The lowest BCUT2D eigenvalue weighted by Gasteiger charge is -1.92. The Kier molecular flexibility index (Phi) is 3.53. The predicted molar refractivity (Wildman–Crippen MR) is 65.3 cm³/mol. The number of aromatic nitrogens is 2. The molecule has 0 bridgehead atoms. The number of rotatable bonds is 4. The van der Waals surface area contributed by atoms with E-state index in [0.29, 0.717) is 0 Å². The second kappa shape index (κ2) is 5.09. The van der Waals surface area contributed by atoms with Crippen LogP contribution in [0.15, 0.2) is 34.7 Å². The van der Waals surface area contributed by atoms with Crippen molar-refractivity contribution in [3.05, 3.63) is 30.3 Å². The number of thioether (sulfide) groups is 1. The molecule has 0 spiro atoms. The third-order valence-electron chi connectivity index (χ3n) is 1.77. The van der Waals surface area contributed by atoms with Gasteiger partial charge in [-0.25, -0.2) is 0 Å². The van der Waals surface area contributed by atoms with Crippen molar-refractivity contribution in [1.82, 2.24) is 10.2 Å². The fourth-order valence-corrected chi connectivity index (χ4v) is 2.69. The summed E-state index contributed by atoms with van der Waals surface area (Å²) in [5.41, 5.74) is 6.09. The number of amides is 1. The van der Waals surface area contributed by atoms with Crippen LogP contribution in [0, 0.1) is 0 Å². The SMILES string of the molecule is NC(=O)CSc1nnc(-c2ccccc2)s1. The molecule has 1 heterocycles. The second-order valence-electron chi connectivity index (χ2n) is 2.99. The molecule has 1 amide bonds. The molecule has 0 unspecified atom stereocenters. The van der Waals surface area contributed by atoms with Crippen molar-refractivity contribution in [2.75, 3.05) is 5.75 Å². The van der Waals surface area contributed by atoms with Crippen LogP contribution >= 0.6 is 23.1 Å². The van der Waals surface area contributed by atoms with E-state index in [1.807, 2.05) is 30.3 Å². The number of nitrogens with zero attached hydrogens (tertiary/aromatic N) is 2. The summed E-state index contributed by atoms with van der Waals surface area (Å²) in [7, 11) is 0. The summed E-state index contributed by atoms with van der Waals surface area (Å²) in [6, 6.07) is 9.80. The predicted octanol–water partition coefficient (Wildman–Crippen LogP) is 1.78.